The minimum absolute atomic E-state index is 0.179. The van der Waals surface area contributed by atoms with Crippen LogP contribution in [0.3, 0.4) is 0 Å². The van der Waals surface area contributed by atoms with Crippen LogP contribution in [0, 0.1) is 11.3 Å². The first-order chi connectivity index (χ1) is 12.6. The quantitative estimate of drug-likeness (QED) is 0.682. The standard InChI is InChI=1S/C19H25BrN4O3/c1-12(2)8-23-17(26)15-9-22(10-19(3,4)11-24(15)18(23)27)16(25)13-5-14(20)7-21-6-13/h5-7,12,15H,8-11H2,1-4H3. The molecule has 2 saturated heterocycles. The van der Waals surface area contributed by atoms with Crippen molar-refractivity contribution in [2.75, 3.05) is 26.2 Å². The molecule has 2 fully saturated rings. The normalized spacial score (nSPS) is 22.3. The number of fused-ring (bicyclic) bond motifs is 1. The molecule has 27 heavy (non-hydrogen) atoms. The summed E-state index contributed by atoms with van der Waals surface area (Å²) in [6.07, 6.45) is 3.14. The summed E-state index contributed by atoms with van der Waals surface area (Å²) in [5, 5.41) is 0. The SMILES string of the molecule is CC(C)CN1C(=O)C2CN(C(=O)c3cncc(Br)c3)CC(C)(C)CN2C1=O. The van der Waals surface area contributed by atoms with E-state index in [2.05, 4.69) is 20.9 Å². The van der Waals surface area contributed by atoms with Crippen LogP contribution in [0.1, 0.15) is 38.1 Å². The van der Waals surface area contributed by atoms with Crippen molar-refractivity contribution in [1.82, 2.24) is 19.7 Å². The molecule has 0 spiro atoms. The molecule has 3 heterocycles. The fraction of sp³-hybridized carbons (Fsp3) is 0.579. The molecule has 0 N–H and O–H groups in total. The molecule has 1 aromatic heterocycles. The van der Waals surface area contributed by atoms with Crippen LogP contribution in [0.15, 0.2) is 22.9 Å². The lowest BCUT2D eigenvalue weighted by Gasteiger charge is -2.31. The van der Waals surface area contributed by atoms with E-state index in [1.54, 1.807) is 22.1 Å². The van der Waals surface area contributed by atoms with Crippen molar-refractivity contribution in [3.8, 4) is 0 Å². The van der Waals surface area contributed by atoms with E-state index in [9.17, 15) is 14.4 Å². The summed E-state index contributed by atoms with van der Waals surface area (Å²) in [6.45, 7) is 9.49. The van der Waals surface area contributed by atoms with Gasteiger partial charge in [-0.15, -0.1) is 0 Å². The first kappa shape index (κ1) is 19.8. The lowest BCUT2D eigenvalue weighted by atomic mass is 9.92. The van der Waals surface area contributed by atoms with Crippen LogP contribution in [-0.4, -0.2) is 69.8 Å². The van der Waals surface area contributed by atoms with Crippen molar-refractivity contribution in [2.24, 2.45) is 11.3 Å². The Kier molecular flexibility index (Phi) is 5.29. The number of carbonyl (C=O) groups excluding carboxylic acids is 3. The predicted molar refractivity (Wildman–Crippen MR) is 104 cm³/mol. The second kappa shape index (κ2) is 7.22. The minimum Gasteiger partial charge on any atom is -0.335 e. The van der Waals surface area contributed by atoms with Gasteiger partial charge in [0, 0.05) is 41.9 Å². The molecule has 2 aliphatic rings. The molecule has 1 aromatic rings. The second-order valence-corrected chi connectivity index (χ2v) is 9.43. The van der Waals surface area contributed by atoms with Crippen molar-refractivity contribution in [2.45, 2.75) is 33.7 Å². The van der Waals surface area contributed by atoms with Gasteiger partial charge in [-0.05, 0) is 27.9 Å². The van der Waals surface area contributed by atoms with Gasteiger partial charge in [-0.3, -0.25) is 19.5 Å². The van der Waals surface area contributed by atoms with Gasteiger partial charge in [-0.25, -0.2) is 4.79 Å². The van der Waals surface area contributed by atoms with Gasteiger partial charge in [0.2, 0.25) is 0 Å². The first-order valence-corrected chi connectivity index (χ1v) is 9.90. The third-order valence-corrected chi connectivity index (χ3v) is 5.23. The predicted octanol–water partition coefficient (Wildman–Crippen LogP) is 2.61. The molecule has 0 radical (unpaired) electrons. The Morgan fingerprint density at radius 3 is 2.63 bits per heavy atom. The molecular formula is C19H25BrN4O3. The summed E-state index contributed by atoms with van der Waals surface area (Å²) < 4.78 is 0.722. The number of imide groups is 1. The van der Waals surface area contributed by atoms with E-state index in [4.69, 9.17) is 0 Å². The molecule has 0 bridgehead atoms. The largest absolute Gasteiger partial charge is 0.335 e. The number of hydrogen-bond acceptors (Lipinski definition) is 4. The molecular weight excluding hydrogens is 412 g/mol. The maximum atomic E-state index is 13.1. The second-order valence-electron chi connectivity index (χ2n) is 8.51. The molecule has 1 unspecified atom stereocenters. The van der Waals surface area contributed by atoms with Crippen LogP contribution in [0.5, 0.6) is 0 Å². The lowest BCUT2D eigenvalue weighted by molar-refractivity contribution is -0.128. The van der Waals surface area contributed by atoms with Gasteiger partial charge >= 0.3 is 6.03 Å². The highest BCUT2D eigenvalue weighted by Crippen LogP contribution is 2.31. The molecule has 7 nitrogen and oxygen atoms in total. The molecule has 1 atom stereocenters. The first-order valence-electron chi connectivity index (χ1n) is 9.11. The lowest BCUT2D eigenvalue weighted by Crippen LogP contribution is -2.44. The highest BCUT2D eigenvalue weighted by Gasteiger charge is 2.50. The number of urea groups is 1. The Hall–Kier alpha value is -1.96. The number of pyridine rings is 1. The number of nitrogens with zero attached hydrogens (tertiary/aromatic N) is 4. The smallest absolute Gasteiger partial charge is 0.327 e. The average Bonchev–Trinajstić information content (AvgIpc) is 2.72. The molecule has 146 valence electrons. The number of hydrogen-bond donors (Lipinski definition) is 0. The van der Waals surface area contributed by atoms with Gasteiger partial charge in [0.1, 0.15) is 6.04 Å². The summed E-state index contributed by atoms with van der Waals surface area (Å²) in [5.74, 6) is -0.197. The zero-order valence-corrected chi connectivity index (χ0v) is 17.7. The minimum atomic E-state index is -0.623. The van der Waals surface area contributed by atoms with Crippen LogP contribution >= 0.6 is 15.9 Å². The van der Waals surface area contributed by atoms with Crippen molar-refractivity contribution < 1.29 is 14.4 Å². The van der Waals surface area contributed by atoms with E-state index < -0.39 is 6.04 Å². The summed E-state index contributed by atoms with van der Waals surface area (Å²) in [4.78, 5) is 47.5. The highest BCUT2D eigenvalue weighted by atomic mass is 79.9. The third-order valence-electron chi connectivity index (χ3n) is 4.80. The summed E-state index contributed by atoms with van der Waals surface area (Å²) >= 11 is 3.34. The number of rotatable bonds is 3. The van der Waals surface area contributed by atoms with Crippen molar-refractivity contribution in [3.05, 3.63) is 28.5 Å². The average molecular weight is 437 g/mol. The van der Waals surface area contributed by atoms with Crippen LogP contribution in [-0.2, 0) is 4.79 Å². The van der Waals surface area contributed by atoms with Crippen LogP contribution < -0.4 is 0 Å². The van der Waals surface area contributed by atoms with Gasteiger partial charge in [-0.1, -0.05) is 27.7 Å². The summed E-state index contributed by atoms with van der Waals surface area (Å²) in [6, 6.07) is 0.852. The molecule has 3 rings (SSSR count). The number of carbonyl (C=O) groups is 3. The van der Waals surface area contributed by atoms with E-state index in [1.165, 1.54) is 11.1 Å². The van der Waals surface area contributed by atoms with E-state index in [1.807, 2.05) is 27.7 Å². The van der Waals surface area contributed by atoms with Crippen LogP contribution in [0.25, 0.3) is 0 Å². The van der Waals surface area contributed by atoms with E-state index in [0.717, 1.165) is 4.47 Å². The Labute approximate surface area is 167 Å². The van der Waals surface area contributed by atoms with Gasteiger partial charge in [0.25, 0.3) is 11.8 Å². The topological polar surface area (TPSA) is 73.8 Å². The van der Waals surface area contributed by atoms with Crippen LogP contribution in [0.2, 0.25) is 0 Å². The molecule has 0 saturated carbocycles. The molecule has 0 aliphatic carbocycles. The van der Waals surface area contributed by atoms with Crippen molar-refractivity contribution >= 4 is 33.8 Å². The van der Waals surface area contributed by atoms with Gasteiger partial charge in [0.15, 0.2) is 0 Å². The van der Waals surface area contributed by atoms with E-state index >= 15 is 0 Å². The number of amides is 4. The molecule has 8 heteroatoms. The number of aromatic nitrogens is 1. The molecule has 4 amide bonds. The molecule has 0 aromatic carbocycles. The fourth-order valence-corrected chi connectivity index (χ4v) is 4.12. The summed E-state index contributed by atoms with van der Waals surface area (Å²) in [5.41, 5.74) is 0.137. The zero-order valence-electron chi connectivity index (χ0n) is 16.1. The Morgan fingerprint density at radius 2 is 2.00 bits per heavy atom. The van der Waals surface area contributed by atoms with Gasteiger partial charge in [0.05, 0.1) is 12.1 Å². The van der Waals surface area contributed by atoms with E-state index in [-0.39, 0.29) is 35.7 Å². The maximum Gasteiger partial charge on any atom is 0.327 e. The van der Waals surface area contributed by atoms with E-state index in [0.29, 0.717) is 25.2 Å². The monoisotopic (exact) mass is 436 g/mol. The Morgan fingerprint density at radius 1 is 1.30 bits per heavy atom. The van der Waals surface area contributed by atoms with Crippen LogP contribution in [0.4, 0.5) is 4.79 Å². The number of halogens is 1. The van der Waals surface area contributed by atoms with Gasteiger partial charge in [-0.2, -0.15) is 0 Å². The molecule has 2 aliphatic heterocycles. The van der Waals surface area contributed by atoms with Crippen molar-refractivity contribution in [1.29, 1.82) is 0 Å². The highest BCUT2D eigenvalue weighted by molar-refractivity contribution is 9.10. The fourth-order valence-electron chi connectivity index (χ4n) is 3.75. The van der Waals surface area contributed by atoms with Gasteiger partial charge < -0.3 is 9.80 Å². The van der Waals surface area contributed by atoms with Crippen molar-refractivity contribution in [3.63, 3.8) is 0 Å². The maximum absolute atomic E-state index is 13.1. The summed E-state index contributed by atoms with van der Waals surface area (Å²) in [7, 11) is 0. The zero-order chi connectivity index (χ0) is 19.9. The third kappa shape index (κ3) is 4.00. The Balaban J connectivity index is 1.90. The Bertz CT molecular complexity index is 780.